The lowest BCUT2D eigenvalue weighted by atomic mass is 9.98. The predicted octanol–water partition coefficient (Wildman–Crippen LogP) is 0.761. The average Bonchev–Trinajstić information content (AvgIpc) is 2.17. The van der Waals surface area contributed by atoms with E-state index in [1.54, 1.807) is 0 Å². The van der Waals surface area contributed by atoms with Gasteiger partial charge in [0.15, 0.2) is 0 Å². The second-order valence-corrected chi connectivity index (χ2v) is 5.02. The minimum atomic E-state index is -0.233. The number of amides is 1. The van der Waals surface area contributed by atoms with Gasteiger partial charge in [0, 0.05) is 24.5 Å². The number of nitrogens with one attached hydrogen (secondary N) is 2. The van der Waals surface area contributed by atoms with E-state index in [9.17, 15) is 4.79 Å². The van der Waals surface area contributed by atoms with Crippen molar-refractivity contribution in [3.63, 3.8) is 0 Å². The zero-order chi connectivity index (χ0) is 12.0. The predicted molar refractivity (Wildman–Crippen MR) is 66.1 cm³/mol. The molecule has 1 amide bonds. The van der Waals surface area contributed by atoms with Crippen LogP contribution in [0, 0.1) is 0 Å². The van der Waals surface area contributed by atoms with E-state index >= 15 is 0 Å². The van der Waals surface area contributed by atoms with E-state index in [1.165, 1.54) is 19.3 Å². The van der Waals surface area contributed by atoms with E-state index in [4.69, 9.17) is 5.73 Å². The summed E-state index contributed by atoms with van der Waals surface area (Å²) in [4.78, 5) is 10.8. The minimum Gasteiger partial charge on any atom is -0.370 e. The number of carbonyl (C=O) groups excluding carboxylic acids is 1. The second kappa shape index (κ2) is 6.86. The molecule has 1 fully saturated rings. The number of hydrogen-bond donors (Lipinski definition) is 3. The van der Waals surface area contributed by atoms with Gasteiger partial charge in [-0.3, -0.25) is 4.79 Å². The number of nitrogens with two attached hydrogens (primary N) is 1. The topological polar surface area (TPSA) is 67.2 Å². The molecule has 0 aromatic carbocycles. The highest BCUT2D eigenvalue weighted by molar-refractivity contribution is 5.74. The van der Waals surface area contributed by atoms with E-state index in [0.717, 1.165) is 13.0 Å². The highest BCUT2D eigenvalue weighted by atomic mass is 16.1. The summed E-state index contributed by atoms with van der Waals surface area (Å²) in [6.45, 7) is 5.33. The molecule has 0 aliphatic carbocycles. The highest BCUT2D eigenvalue weighted by Crippen LogP contribution is 2.12. The van der Waals surface area contributed by atoms with Crippen molar-refractivity contribution >= 4 is 5.91 Å². The molecule has 94 valence electrons. The number of hydrogen-bond acceptors (Lipinski definition) is 3. The summed E-state index contributed by atoms with van der Waals surface area (Å²) in [5.74, 6) is -0.233. The molecule has 0 aromatic heterocycles. The van der Waals surface area contributed by atoms with E-state index in [0.29, 0.717) is 18.5 Å². The molecule has 1 saturated heterocycles. The van der Waals surface area contributed by atoms with Crippen molar-refractivity contribution in [1.82, 2.24) is 10.6 Å². The number of rotatable bonds is 6. The fourth-order valence-corrected chi connectivity index (χ4v) is 2.47. The molecule has 1 aliphatic heterocycles. The molecule has 4 N–H and O–H groups in total. The highest BCUT2D eigenvalue weighted by Gasteiger charge is 2.17. The molecule has 1 aliphatic rings. The monoisotopic (exact) mass is 227 g/mol. The van der Waals surface area contributed by atoms with Gasteiger partial charge >= 0.3 is 0 Å². The molecule has 1 heterocycles. The Morgan fingerprint density at radius 3 is 2.75 bits per heavy atom. The first kappa shape index (κ1) is 13.5. The van der Waals surface area contributed by atoms with Gasteiger partial charge in [0.05, 0.1) is 0 Å². The van der Waals surface area contributed by atoms with Crippen LogP contribution in [0.15, 0.2) is 0 Å². The Bertz CT molecular complexity index is 214. The summed E-state index contributed by atoms with van der Waals surface area (Å²) in [6, 6.07) is 1.25. The summed E-state index contributed by atoms with van der Waals surface area (Å²) >= 11 is 0. The van der Waals surface area contributed by atoms with E-state index in [-0.39, 0.29) is 11.9 Å². The maximum atomic E-state index is 10.8. The Morgan fingerprint density at radius 1 is 1.44 bits per heavy atom. The molecule has 0 bridgehead atoms. The summed E-state index contributed by atoms with van der Waals surface area (Å²) < 4.78 is 0. The Kier molecular flexibility index (Phi) is 5.77. The molecular weight excluding hydrogens is 202 g/mol. The molecule has 3 unspecified atom stereocenters. The first-order valence-electron chi connectivity index (χ1n) is 6.35. The fourth-order valence-electron chi connectivity index (χ4n) is 2.47. The Labute approximate surface area is 98.3 Å². The Morgan fingerprint density at radius 2 is 2.19 bits per heavy atom. The first-order chi connectivity index (χ1) is 7.58. The molecule has 0 spiro atoms. The maximum absolute atomic E-state index is 10.8. The van der Waals surface area contributed by atoms with Crippen LogP contribution in [0.2, 0.25) is 0 Å². The van der Waals surface area contributed by atoms with Crippen LogP contribution in [0.3, 0.4) is 0 Å². The van der Waals surface area contributed by atoms with Crippen LogP contribution in [0.5, 0.6) is 0 Å². The Balaban J connectivity index is 2.18. The largest absolute Gasteiger partial charge is 0.370 e. The number of piperidine rings is 1. The summed E-state index contributed by atoms with van der Waals surface area (Å²) in [5.41, 5.74) is 5.16. The molecule has 0 radical (unpaired) electrons. The SMILES string of the molecule is CC(CC(N)=O)NC(C)CC1CCCCN1. The maximum Gasteiger partial charge on any atom is 0.218 e. The zero-order valence-electron chi connectivity index (χ0n) is 10.5. The molecular formula is C12H25N3O. The third kappa shape index (κ3) is 5.47. The van der Waals surface area contributed by atoms with Crippen LogP contribution >= 0.6 is 0 Å². The van der Waals surface area contributed by atoms with Crippen LogP contribution in [-0.4, -0.2) is 30.6 Å². The lowest BCUT2D eigenvalue weighted by Gasteiger charge is -2.28. The van der Waals surface area contributed by atoms with Gasteiger partial charge in [-0.05, 0) is 39.7 Å². The van der Waals surface area contributed by atoms with Gasteiger partial charge in [-0.25, -0.2) is 0 Å². The molecule has 3 atom stereocenters. The standard InChI is InChI=1S/C12H25N3O/c1-9(15-10(2)8-12(13)16)7-11-5-3-4-6-14-11/h9-11,14-15H,3-8H2,1-2H3,(H2,13,16). The van der Waals surface area contributed by atoms with Gasteiger partial charge in [-0.15, -0.1) is 0 Å². The van der Waals surface area contributed by atoms with Crippen molar-refractivity contribution in [3.8, 4) is 0 Å². The first-order valence-corrected chi connectivity index (χ1v) is 6.35. The van der Waals surface area contributed by atoms with Gasteiger partial charge in [-0.2, -0.15) is 0 Å². The lowest BCUT2D eigenvalue weighted by Crippen LogP contribution is -2.43. The van der Waals surface area contributed by atoms with E-state index in [2.05, 4.69) is 17.6 Å². The quantitative estimate of drug-likeness (QED) is 0.627. The van der Waals surface area contributed by atoms with E-state index in [1.807, 2.05) is 6.92 Å². The summed E-state index contributed by atoms with van der Waals surface area (Å²) in [7, 11) is 0. The number of primary amides is 1. The molecule has 16 heavy (non-hydrogen) atoms. The van der Waals surface area contributed by atoms with Gasteiger partial charge in [0.2, 0.25) is 5.91 Å². The Hall–Kier alpha value is -0.610. The average molecular weight is 227 g/mol. The van der Waals surface area contributed by atoms with Crippen molar-refractivity contribution in [3.05, 3.63) is 0 Å². The van der Waals surface area contributed by atoms with Crippen molar-refractivity contribution in [1.29, 1.82) is 0 Å². The summed E-state index contributed by atoms with van der Waals surface area (Å²) in [5, 5.41) is 6.95. The van der Waals surface area contributed by atoms with Crippen molar-refractivity contribution in [2.75, 3.05) is 6.54 Å². The zero-order valence-corrected chi connectivity index (χ0v) is 10.5. The third-order valence-corrected chi connectivity index (χ3v) is 3.13. The fraction of sp³-hybridized carbons (Fsp3) is 0.917. The third-order valence-electron chi connectivity index (χ3n) is 3.13. The van der Waals surface area contributed by atoms with Crippen LogP contribution < -0.4 is 16.4 Å². The minimum absolute atomic E-state index is 0.177. The van der Waals surface area contributed by atoms with E-state index < -0.39 is 0 Å². The van der Waals surface area contributed by atoms with Crippen LogP contribution in [0.25, 0.3) is 0 Å². The van der Waals surface area contributed by atoms with Crippen molar-refractivity contribution in [2.45, 2.75) is 64.1 Å². The normalized spacial score (nSPS) is 25.0. The second-order valence-electron chi connectivity index (χ2n) is 5.02. The van der Waals surface area contributed by atoms with Gasteiger partial charge < -0.3 is 16.4 Å². The van der Waals surface area contributed by atoms with Crippen LogP contribution in [-0.2, 0) is 4.79 Å². The van der Waals surface area contributed by atoms with Crippen molar-refractivity contribution < 1.29 is 4.79 Å². The van der Waals surface area contributed by atoms with Crippen LogP contribution in [0.4, 0.5) is 0 Å². The van der Waals surface area contributed by atoms with Gasteiger partial charge in [0.1, 0.15) is 0 Å². The summed E-state index contributed by atoms with van der Waals surface area (Å²) in [6.07, 6.45) is 5.46. The number of carbonyl (C=O) groups is 1. The van der Waals surface area contributed by atoms with Crippen LogP contribution in [0.1, 0.15) is 46.0 Å². The lowest BCUT2D eigenvalue weighted by molar-refractivity contribution is -0.118. The molecule has 0 aromatic rings. The molecule has 0 saturated carbocycles. The molecule has 4 nitrogen and oxygen atoms in total. The van der Waals surface area contributed by atoms with Gasteiger partial charge in [-0.1, -0.05) is 6.42 Å². The van der Waals surface area contributed by atoms with Crippen molar-refractivity contribution in [2.24, 2.45) is 5.73 Å². The molecule has 4 heteroatoms. The molecule has 1 rings (SSSR count). The van der Waals surface area contributed by atoms with Gasteiger partial charge in [0.25, 0.3) is 0 Å². The smallest absolute Gasteiger partial charge is 0.218 e.